The first-order valence-corrected chi connectivity index (χ1v) is 11.7. The minimum atomic E-state index is -0.299. The van der Waals surface area contributed by atoms with E-state index in [1.54, 1.807) is 29.1 Å². The summed E-state index contributed by atoms with van der Waals surface area (Å²) in [5, 5.41) is 7.33. The molecule has 4 aromatic heterocycles. The Hall–Kier alpha value is -4.38. The Labute approximate surface area is 205 Å². The second kappa shape index (κ2) is 9.34. The van der Waals surface area contributed by atoms with Gasteiger partial charge in [-0.1, -0.05) is 0 Å². The Balaban J connectivity index is 1.35. The molecule has 11 heteroatoms. The molecule has 0 spiro atoms. The highest BCUT2D eigenvalue weighted by atomic mass is 19.1. The summed E-state index contributed by atoms with van der Waals surface area (Å²) < 4.78 is 22.6. The summed E-state index contributed by atoms with van der Waals surface area (Å²) in [6.07, 6.45) is 9.11. The summed E-state index contributed by atoms with van der Waals surface area (Å²) in [6.45, 7) is 2.59. The third-order valence-electron chi connectivity index (χ3n) is 6.50. The van der Waals surface area contributed by atoms with Crippen LogP contribution in [0.2, 0.25) is 0 Å². The Morgan fingerprint density at radius 1 is 1.11 bits per heavy atom. The number of carbonyl (C=O) groups excluding carboxylic acids is 1. The van der Waals surface area contributed by atoms with Gasteiger partial charge in [-0.3, -0.25) is 9.69 Å². The number of aromatic nitrogens is 6. The van der Waals surface area contributed by atoms with E-state index in [0.717, 1.165) is 55.1 Å². The molecule has 1 amide bonds. The Kier molecular flexibility index (Phi) is 5.74. The smallest absolute Gasteiger partial charge is 0.212 e. The van der Waals surface area contributed by atoms with E-state index in [0.29, 0.717) is 23.6 Å². The van der Waals surface area contributed by atoms with Crippen molar-refractivity contribution >= 4 is 17.9 Å². The predicted octanol–water partition coefficient (Wildman–Crippen LogP) is 3.79. The van der Waals surface area contributed by atoms with Crippen molar-refractivity contribution in [2.24, 2.45) is 0 Å². The molecule has 5 heterocycles. The van der Waals surface area contributed by atoms with E-state index in [-0.39, 0.29) is 11.9 Å². The van der Waals surface area contributed by atoms with Crippen LogP contribution in [0.4, 0.5) is 10.2 Å². The SMILES string of the molecule is O=CNc1cn2nc(-c3c(-c4ccc(F)cc4)ncn3C3CCN(Cc4cocn4)CC3)ccc2n1. The quantitative estimate of drug-likeness (QED) is 0.349. The number of anilines is 1. The Bertz CT molecular complexity index is 1480. The molecule has 0 unspecified atom stereocenters. The highest BCUT2D eigenvalue weighted by molar-refractivity contribution is 5.77. The molecule has 1 N–H and O–H groups in total. The van der Waals surface area contributed by atoms with E-state index >= 15 is 0 Å². The second-order valence-corrected chi connectivity index (χ2v) is 8.75. The Morgan fingerprint density at radius 3 is 2.69 bits per heavy atom. The summed E-state index contributed by atoms with van der Waals surface area (Å²) in [5.74, 6) is 0.119. The number of rotatable bonds is 7. The molecule has 1 aromatic carbocycles. The molecule has 36 heavy (non-hydrogen) atoms. The Morgan fingerprint density at radius 2 is 1.94 bits per heavy atom. The van der Waals surface area contributed by atoms with Crippen molar-refractivity contribution in [1.82, 2.24) is 34.0 Å². The number of imidazole rings is 2. The zero-order valence-electron chi connectivity index (χ0n) is 19.3. The van der Waals surface area contributed by atoms with Crippen molar-refractivity contribution in [2.45, 2.75) is 25.4 Å². The largest absolute Gasteiger partial charge is 0.451 e. The minimum Gasteiger partial charge on any atom is -0.451 e. The van der Waals surface area contributed by atoms with Crippen molar-refractivity contribution in [3.05, 3.63) is 73.1 Å². The number of amides is 1. The monoisotopic (exact) mass is 486 g/mol. The van der Waals surface area contributed by atoms with Crippen molar-refractivity contribution in [3.63, 3.8) is 0 Å². The van der Waals surface area contributed by atoms with Gasteiger partial charge in [0.2, 0.25) is 6.41 Å². The van der Waals surface area contributed by atoms with Gasteiger partial charge in [0.15, 0.2) is 17.9 Å². The number of carbonyl (C=O) groups is 1. The molecule has 1 aliphatic rings. The molecule has 1 saturated heterocycles. The second-order valence-electron chi connectivity index (χ2n) is 8.75. The van der Waals surface area contributed by atoms with E-state index in [1.165, 1.54) is 18.5 Å². The van der Waals surface area contributed by atoms with Crippen molar-refractivity contribution in [3.8, 4) is 22.6 Å². The van der Waals surface area contributed by atoms with Gasteiger partial charge in [0, 0.05) is 31.2 Å². The number of halogens is 1. The first-order valence-electron chi connectivity index (χ1n) is 11.7. The fourth-order valence-corrected chi connectivity index (χ4v) is 4.75. The topological polar surface area (TPSA) is 106 Å². The number of fused-ring (bicyclic) bond motifs is 1. The molecule has 0 bridgehead atoms. The maximum atomic E-state index is 13.6. The summed E-state index contributed by atoms with van der Waals surface area (Å²) in [7, 11) is 0. The van der Waals surface area contributed by atoms with E-state index in [2.05, 4.69) is 24.8 Å². The minimum absolute atomic E-state index is 0.225. The van der Waals surface area contributed by atoms with Gasteiger partial charge in [0.1, 0.15) is 17.8 Å². The van der Waals surface area contributed by atoms with Gasteiger partial charge >= 0.3 is 0 Å². The van der Waals surface area contributed by atoms with Crippen LogP contribution in [0, 0.1) is 5.82 Å². The lowest BCUT2D eigenvalue weighted by Gasteiger charge is -2.32. The van der Waals surface area contributed by atoms with Crippen LogP contribution in [-0.4, -0.2) is 53.5 Å². The van der Waals surface area contributed by atoms with E-state index in [1.807, 2.05) is 18.5 Å². The molecule has 1 aliphatic heterocycles. The highest BCUT2D eigenvalue weighted by Gasteiger charge is 2.26. The van der Waals surface area contributed by atoms with Crippen LogP contribution in [0.1, 0.15) is 24.6 Å². The number of likely N-dealkylation sites (tertiary alicyclic amines) is 1. The van der Waals surface area contributed by atoms with E-state index in [9.17, 15) is 9.18 Å². The predicted molar refractivity (Wildman–Crippen MR) is 129 cm³/mol. The maximum Gasteiger partial charge on any atom is 0.212 e. The standard InChI is InChI=1S/C25H23FN8O2/c26-18-3-1-17(2-4-18)24-25(21-5-6-23-30-22(28-15-35)12-34(23)31-21)33(14-27-24)20-7-9-32(10-8-20)11-19-13-36-16-29-19/h1-6,12-16,20H,7-11H2,(H,28,35). The van der Waals surface area contributed by atoms with Crippen LogP contribution in [-0.2, 0) is 11.3 Å². The molecule has 0 aliphatic carbocycles. The number of hydrogen-bond donors (Lipinski definition) is 1. The first kappa shape index (κ1) is 22.1. The molecule has 0 saturated carbocycles. The van der Waals surface area contributed by atoms with Gasteiger partial charge in [-0.15, -0.1) is 0 Å². The summed E-state index contributed by atoms with van der Waals surface area (Å²) >= 11 is 0. The average molecular weight is 487 g/mol. The molecule has 1 fully saturated rings. The number of piperidine rings is 1. The van der Waals surface area contributed by atoms with Gasteiger partial charge in [0.05, 0.1) is 29.6 Å². The van der Waals surface area contributed by atoms with Crippen LogP contribution < -0.4 is 5.32 Å². The molecule has 10 nitrogen and oxygen atoms in total. The van der Waals surface area contributed by atoms with Crippen molar-refractivity contribution < 1.29 is 13.6 Å². The van der Waals surface area contributed by atoms with Crippen LogP contribution in [0.3, 0.4) is 0 Å². The van der Waals surface area contributed by atoms with Crippen LogP contribution >= 0.6 is 0 Å². The van der Waals surface area contributed by atoms with E-state index in [4.69, 9.17) is 14.5 Å². The van der Waals surface area contributed by atoms with Gasteiger partial charge in [-0.2, -0.15) is 5.10 Å². The van der Waals surface area contributed by atoms with Crippen LogP contribution in [0.5, 0.6) is 0 Å². The molecule has 5 aromatic rings. The van der Waals surface area contributed by atoms with Crippen molar-refractivity contribution in [2.75, 3.05) is 18.4 Å². The number of benzene rings is 1. The first-order chi connectivity index (χ1) is 17.7. The molecule has 182 valence electrons. The van der Waals surface area contributed by atoms with Gasteiger partial charge in [-0.25, -0.2) is 23.9 Å². The van der Waals surface area contributed by atoms with Gasteiger partial charge in [-0.05, 0) is 49.2 Å². The zero-order valence-corrected chi connectivity index (χ0v) is 19.3. The maximum absolute atomic E-state index is 13.6. The molecular formula is C25H23FN8O2. The number of oxazole rings is 1. The molecular weight excluding hydrogens is 463 g/mol. The lowest BCUT2D eigenvalue weighted by Crippen LogP contribution is -2.34. The van der Waals surface area contributed by atoms with Crippen LogP contribution in [0.25, 0.3) is 28.3 Å². The van der Waals surface area contributed by atoms with E-state index < -0.39 is 0 Å². The molecule has 0 atom stereocenters. The summed E-state index contributed by atoms with van der Waals surface area (Å²) in [5.41, 5.74) is 4.65. The number of nitrogens with one attached hydrogen (secondary N) is 1. The lowest BCUT2D eigenvalue weighted by molar-refractivity contribution is -0.105. The zero-order chi connectivity index (χ0) is 24.5. The van der Waals surface area contributed by atoms with Crippen LogP contribution in [0.15, 0.2) is 66.0 Å². The highest BCUT2D eigenvalue weighted by Crippen LogP contribution is 2.35. The van der Waals surface area contributed by atoms with Gasteiger partial charge in [0.25, 0.3) is 0 Å². The summed E-state index contributed by atoms with van der Waals surface area (Å²) in [6, 6.07) is 10.3. The number of hydrogen-bond acceptors (Lipinski definition) is 7. The third kappa shape index (κ3) is 4.24. The molecule has 0 radical (unpaired) electrons. The number of nitrogens with zero attached hydrogens (tertiary/aromatic N) is 7. The molecule has 6 rings (SSSR count). The normalized spacial score (nSPS) is 14.9. The van der Waals surface area contributed by atoms with Crippen molar-refractivity contribution in [1.29, 1.82) is 0 Å². The lowest BCUT2D eigenvalue weighted by atomic mass is 10.0. The summed E-state index contributed by atoms with van der Waals surface area (Å²) in [4.78, 5) is 26.5. The third-order valence-corrected chi connectivity index (χ3v) is 6.50. The van der Waals surface area contributed by atoms with Gasteiger partial charge < -0.3 is 14.3 Å². The fourth-order valence-electron chi connectivity index (χ4n) is 4.75. The average Bonchev–Trinajstić information content (AvgIpc) is 3.64. The fraction of sp³-hybridized carbons (Fsp3) is 0.240.